The van der Waals surface area contributed by atoms with Crippen LogP contribution >= 0.6 is 0 Å². The molecule has 0 saturated heterocycles. The van der Waals surface area contributed by atoms with Gasteiger partial charge in [0, 0.05) is 11.8 Å². The van der Waals surface area contributed by atoms with Gasteiger partial charge < -0.3 is 5.11 Å². The molecule has 23 heavy (non-hydrogen) atoms. The average molecular weight is 312 g/mol. The number of ketones is 1. The summed E-state index contributed by atoms with van der Waals surface area (Å²) in [7, 11) is 0. The van der Waals surface area contributed by atoms with Gasteiger partial charge in [-0.25, -0.2) is 0 Å². The van der Waals surface area contributed by atoms with Crippen LogP contribution in [0.3, 0.4) is 0 Å². The van der Waals surface area contributed by atoms with Crippen molar-refractivity contribution in [3.05, 3.63) is 11.6 Å². The molecule has 0 spiro atoms. The minimum absolute atomic E-state index is 0.122. The molecule has 1 N–H and O–H groups in total. The molecular weight excluding hydrogens is 284 g/mol. The smallest absolute Gasteiger partial charge is 0.155 e. The van der Waals surface area contributed by atoms with Gasteiger partial charge in [0.15, 0.2) is 5.78 Å². The van der Waals surface area contributed by atoms with Crippen molar-refractivity contribution >= 4 is 5.78 Å². The molecule has 0 aliphatic heterocycles. The standard InChI is InChI=1S/C21H28O2/c1-4-21(23)10-8-18-19-13(2)11-14-12-15(22)5-6-16(14)17(19)7-9-20(18,21)3/h1,12-13,16-19,23H,5-11H2,2-3H3/t13?,16-,17+,18-,19+,20-,21?/m0/s1. The van der Waals surface area contributed by atoms with E-state index in [1.54, 1.807) is 0 Å². The lowest BCUT2D eigenvalue weighted by atomic mass is 9.48. The van der Waals surface area contributed by atoms with E-state index >= 15 is 0 Å². The zero-order valence-electron chi connectivity index (χ0n) is 14.3. The van der Waals surface area contributed by atoms with Gasteiger partial charge in [0.05, 0.1) is 0 Å². The normalized spacial score (nSPS) is 52.0. The maximum absolute atomic E-state index is 11.8. The summed E-state index contributed by atoms with van der Waals surface area (Å²) >= 11 is 0. The van der Waals surface area contributed by atoms with E-state index in [4.69, 9.17) is 6.42 Å². The van der Waals surface area contributed by atoms with Gasteiger partial charge in [-0.05, 0) is 74.2 Å². The van der Waals surface area contributed by atoms with Gasteiger partial charge >= 0.3 is 0 Å². The van der Waals surface area contributed by atoms with E-state index < -0.39 is 5.60 Å². The molecule has 2 nitrogen and oxygen atoms in total. The van der Waals surface area contributed by atoms with Gasteiger partial charge in [-0.3, -0.25) is 4.79 Å². The van der Waals surface area contributed by atoms with Gasteiger partial charge in [0.2, 0.25) is 0 Å². The average Bonchev–Trinajstić information content (AvgIpc) is 2.79. The minimum Gasteiger partial charge on any atom is -0.377 e. The third-order valence-electron chi connectivity index (χ3n) is 8.03. The summed E-state index contributed by atoms with van der Waals surface area (Å²) in [6.07, 6.45) is 14.5. The van der Waals surface area contributed by atoms with Crippen molar-refractivity contribution in [3.8, 4) is 12.3 Å². The van der Waals surface area contributed by atoms with Crippen molar-refractivity contribution in [2.24, 2.45) is 35.0 Å². The summed E-state index contributed by atoms with van der Waals surface area (Å²) in [6, 6.07) is 0. The van der Waals surface area contributed by atoms with Gasteiger partial charge in [-0.15, -0.1) is 6.42 Å². The summed E-state index contributed by atoms with van der Waals surface area (Å²) < 4.78 is 0. The second-order valence-electron chi connectivity index (χ2n) is 8.86. The maximum Gasteiger partial charge on any atom is 0.155 e. The molecule has 3 fully saturated rings. The number of allylic oxidation sites excluding steroid dienone is 1. The quantitative estimate of drug-likeness (QED) is 0.692. The molecule has 0 aromatic rings. The summed E-state index contributed by atoms with van der Waals surface area (Å²) in [5.41, 5.74) is 0.382. The van der Waals surface area contributed by atoms with Crippen molar-refractivity contribution in [1.82, 2.24) is 0 Å². The molecule has 0 aromatic heterocycles. The number of rotatable bonds is 0. The van der Waals surface area contributed by atoms with E-state index in [1.165, 1.54) is 5.57 Å². The van der Waals surface area contributed by atoms with E-state index in [9.17, 15) is 9.90 Å². The molecule has 0 aromatic carbocycles. The van der Waals surface area contributed by atoms with Crippen molar-refractivity contribution in [3.63, 3.8) is 0 Å². The molecule has 4 aliphatic carbocycles. The number of fused-ring (bicyclic) bond motifs is 5. The van der Waals surface area contributed by atoms with Crippen molar-refractivity contribution < 1.29 is 9.90 Å². The number of carbonyl (C=O) groups is 1. The first-order valence-corrected chi connectivity index (χ1v) is 9.33. The molecule has 0 heterocycles. The fourth-order valence-electron chi connectivity index (χ4n) is 6.84. The monoisotopic (exact) mass is 312 g/mol. The number of hydrogen-bond acceptors (Lipinski definition) is 2. The van der Waals surface area contributed by atoms with Crippen LogP contribution in [0.1, 0.15) is 58.8 Å². The lowest BCUT2D eigenvalue weighted by molar-refractivity contribution is -0.117. The first-order valence-electron chi connectivity index (χ1n) is 9.33. The van der Waals surface area contributed by atoms with Crippen LogP contribution in [0.4, 0.5) is 0 Å². The Hall–Kier alpha value is -1.07. The van der Waals surface area contributed by atoms with Crippen molar-refractivity contribution in [1.29, 1.82) is 0 Å². The lowest BCUT2D eigenvalue weighted by Gasteiger charge is -2.56. The highest BCUT2D eigenvalue weighted by molar-refractivity contribution is 5.91. The largest absolute Gasteiger partial charge is 0.377 e. The highest BCUT2D eigenvalue weighted by atomic mass is 16.3. The van der Waals surface area contributed by atoms with E-state index in [0.29, 0.717) is 35.4 Å². The van der Waals surface area contributed by atoms with Gasteiger partial charge in [0.1, 0.15) is 5.60 Å². The summed E-state index contributed by atoms with van der Waals surface area (Å²) in [4.78, 5) is 11.8. The lowest BCUT2D eigenvalue weighted by Crippen LogP contribution is -2.53. The molecule has 2 unspecified atom stereocenters. The molecule has 124 valence electrons. The maximum atomic E-state index is 11.8. The molecule has 3 saturated carbocycles. The van der Waals surface area contributed by atoms with Gasteiger partial charge in [0.25, 0.3) is 0 Å². The zero-order valence-corrected chi connectivity index (χ0v) is 14.3. The molecule has 0 amide bonds. The van der Waals surface area contributed by atoms with Crippen LogP contribution in [-0.4, -0.2) is 16.5 Å². The third kappa shape index (κ3) is 1.96. The van der Waals surface area contributed by atoms with E-state index in [-0.39, 0.29) is 5.41 Å². The number of hydrogen-bond donors (Lipinski definition) is 1. The van der Waals surface area contributed by atoms with Crippen molar-refractivity contribution in [2.75, 3.05) is 0 Å². The van der Waals surface area contributed by atoms with Gasteiger partial charge in [-0.1, -0.05) is 25.3 Å². The predicted octanol–water partition coefficient (Wildman–Crippen LogP) is 3.74. The Labute approximate surface area is 139 Å². The van der Waals surface area contributed by atoms with Crippen LogP contribution in [-0.2, 0) is 4.79 Å². The second-order valence-corrected chi connectivity index (χ2v) is 8.86. The van der Waals surface area contributed by atoms with Crippen LogP contribution in [0.15, 0.2) is 11.6 Å². The molecule has 4 aliphatic rings. The number of terminal acetylenes is 1. The molecule has 0 radical (unpaired) electrons. The minimum atomic E-state index is -0.916. The van der Waals surface area contributed by atoms with E-state index in [0.717, 1.165) is 44.9 Å². The Morgan fingerprint density at radius 1 is 1.30 bits per heavy atom. The fourth-order valence-corrected chi connectivity index (χ4v) is 6.84. The number of aliphatic hydroxyl groups is 1. The Kier molecular flexibility index (Phi) is 3.34. The molecule has 0 bridgehead atoms. The van der Waals surface area contributed by atoms with Crippen LogP contribution in [0.25, 0.3) is 0 Å². The third-order valence-corrected chi connectivity index (χ3v) is 8.03. The SMILES string of the molecule is C#CC1(O)CC[C@H]2[C@@H]3C(C)CC4=CC(=O)CC[C@@H]4[C@H]3CC[C@@]21C. The van der Waals surface area contributed by atoms with E-state index in [1.807, 2.05) is 6.08 Å². The highest BCUT2D eigenvalue weighted by Gasteiger charge is 2.62. The first kappa shape index (κ1) is 15.5. The van der Waals surface area contributed by atoms with Crippen LogP contribution in [0.2, 0.25) is 0 Å². The summed E-state index contributed by atoms with van der Waals surface area (Å²) in [6.45, 7) is 4.59. The van der Waals surface area contributed by atoms with E-state index in [2.05, 4.69) is 19.8 Å². The first-order chi connectivity index (χ1) is 10.9. The molecule has 7 atom stereocenters. The Morgan fingerprint density at radius 3 is 2.83 bits per heavy atom. The van der Waals surface area contributed by atoms with Crippen LogP contribution in [0.5, 0.6) is 0 Å². The Morgan fingerprint density at radius 2 is 2.09 bits per heavy atom. The Bertz CT molecular complexity index is 612. The predicted molar refractivity (Wildman–Crippen MR) is 90.4 cm³/mol. The van der Waals surface area contributed by atoms with Crippen LogP contribution < -0.4 is 0 Å². The highest BCUT2D eigenvalue weighted by Crippen LogP contribution is 2.65. The summed E-state index contributed by atoms with van der Waals surface area (Å²) in [5, 5.41) is 11.0. The zero-order chi connectivity index (χ0) is 16.4. The Balaban J connectivity index is 1.70. The number of carbonyl (C=O) groups excluding carboxylic acids is 1. The molecule has 4 rings (SSSR count). The topological polar surface area (TPSA) is 37.3 Å². The fraction of sp³-hybridized carbons (Fsp3) is 0.762. The molecule has 2 heteroatoms. The van der Waals surface area contributed by atoms with Crippen molar-refractivity contribution in [2.45, 2.75) is 64.4 Å². The van der Waals surface area contributed by atoms with Crippen LogP contribution in [0, 0.1) is 47.3 Å². The molecular formula is C21H28O2. The second kappa shape index (κ2) is 4.96. The summed E-state index contributed by atoms with van der Waals surface area (Å²) in [5.74, 6) is 6.17. The van der Waals surface area contributed by atoms with Gasteiger partial charge in [-0.2, -0.15) is 0 Å².